The van der Waals surface area contributed by atoms with Crippen molar-refractivity contribution >= 4 is 35.0 Å². The molecule has 11 heteroatoms. The molecule has 0 aliphatic carbocycles. The highest BCUT2D eigenvalue weighted by molar-refractivity contribution is 7.99. The molecule has 4 rings (SSSR count). The molecule has 0 unspecified atom stereocenters. The van der Waals surface area contributed by atoms with Crippen LogP contribution in [0.4, 0.5) is 17.3 Å². The number of rotatable bonds is 8. The number of aromatic nitrogens is 3. The van der Waals surface area contributed by atoms with Crippen LogP contribution in [0.15, 0.2) is 23.4 Å². The summed E-state index contributed by atoms with van der Waals surface area (Å²) in [4.78, 5) is 25.7. The topological polar surface area (TPSA) is 115 Å². The number of carbonyl (C=O) groups excluding carboxylic acids is 1. The molecular weight excluding hydrogens is 444 g/mol. The van der Waals surface area contributed by atoms with Gasteiger partial charge in [0.1, 0.15) is 5.69 Å². The molecule has 2 fully saturated rings. The highest BCUT2D eigenvalue weighted by Crippen LogP contribution is 2.29. The van der Waals surface area contributed by atoms with E-state index < -0.39 is 4.92 Å². The zero-order valence-corrected chi connectivity index (χ0v) is 19.8. The third-order valence-corrected chi connectivity index (χ3v) is 7.10. The van der Waals surface area contributed by atoms with Crippen molar-refractivity contribution < 1.29 is 14.5 Å². The van der Waals surface area contributed by atoms with Crippen molar-refractivity contribution in [2.24, 2.45) is 5.92 Å². The minimum atomic E-state index is -0.486. The molecule has 10 nitrogen and oxygen atoms in total. The molecule has 0 spiro atoms. The van der Waals surface area contributed by atoms with Gasteiger partial charge in [0, 0.05) is 25.8 Å². The number of amides is 1. The molecule has 1 amide bonds. The van der Waals surface area contributed by atoms with Crippen molar-refractivity contribution in [3.05, 3.63) is 33.9 Å². The summed E-state index contributed by atoms with van der Waals surface area (Å²) in [5.74, 6) is 1.28. The molecule has 2 aromatic rings. The first-order valence-electron chi connectivity index (χ1n) is 11.4. The van der Waals surface area contributed by atoms with Gasteiger partial charge in [-0.15, -0.1) is 10.2 Å². The van der Waals surface area contributed by atoms with Gasteiger partial charge < -0.3 is 15.0 Å². The van der Waals surface area contributed by atoms with Gasteiger partial charge in [0.25, 0.3) is 5.69 Å². The van der Waals surface area contributed by atoms with Crippen LogP contribution < -0.4 is 10.2 Å². The fourth-order valence-electron chi connectivity index (χ4n) is 4.20. The molecule has 33 heavy (non-hydrogen) atoms. The summed E-state index contributed by atoms with van der Waals surface area (Å²) >= 11 is 1.29. The van der Waals surface area contributed by atoms with Gasteiger partial charge in [-0.2, -0.15) is 0 Å². The number of nitro groups is 1. The predicted molar refractivity (Wildman–Crippen MR) is 127 cm³/mol. The molecule has 1 N–H and O–H groups in total. The summed E-state index contributed by atoms with van der Waals surface area (Å²) in [6.45, 7) is 7.34. The van der Waals surface area contributed by atoms with E-state index in [-0.39, 0.29) is 29.1 Å². The molecule has 2 aliphatic heterocycles. The van der Waals surface area contributed by atoms with Crippen LogP contribution >= 0.6 is 11.8 Å². The second kappa shape index (κ2) is 10.5. The van der Waals surface area contributed by atoms with Crippen molar-refractivity contribution in [3.8, 4) is 0 Å². The molecule has 178 valence electrons. The van der Waals surface area contributed by atoms with Crippen molar-refractivity contribution in [2.45, 2.75) is 57.3 Å². The minimum absolute atomic E-state index is 0.0751. The Morgan fingerprint density at radius 2 is 2.09 bits per heavy atom. The first-order chi connectivity index (χ1) is 15.9. The van der Waals surface area contributed by atoms with E-state index in [9.17, 15) is 14.9 Å². The Kier molecular flexibility index (Phi) is 7.49. The minimum Gasteiger partial charge on any atom is -0.376 e. The van der Waals surface area contributed by atoms with Crippen LogP contribution in [-0.4, -0.2) is 57.1 Å². The number of hydrogen-bond acceptors (Lipinski definition) is 8. The predicted octanol–water partition coefficient (Wildman–Crippen LogP) is 3.64. The fraction of sp³-hybridized carbons (Fsp3) is 0.591. The van der Waals surface area contributed by atoms with E-state index in [1.807, 2.05) is 0 Å². The third-order valence-electron chi connectivity index (χ3n) is 6.13. The molecule has 1 aromatic carbocycles. The Labute approximate surface area is 197 Å². The Bertz CT molecular complexity index is 999. The summed E-state index contributed by atoms with van der Waals surface area (Å²) in [7, 11) is 0. The van der Waals surface area contributed by atoms with Crippen LogP contribution in [0.3, 0.4) is 0 Å². The van der Waals surface area contributed by atoms with Gasteiger partial charge in [0.15, 0.2) is 5.16 Å². The Hall–Kier alpha value is -2.66. The first-order valence-corrected chi connectivity index (χ1v) is 12.4. The van der Waals surface area contributed by atoms with E-state index in [2.05, 4.69) is 31.9 Å². The number of ether oxygens (including phenoxy) is 1. The van der Waals surface area contributed by atoms with Gasteiger partial charge in [0.05, 0.1) is 23.3 Å². The lowest BCUT2D eigenvalue weighted by molar-refractivity contribution is -0.384. The van der Waals surface area contributed by atoms with Crippen molar-refractivity contribution in [3.63, 3.8) is 0 Å². The highest BCUT2D eigenvalue weighted by Gasteiger charge is 2.26. The van der Waals surface area contributed by atoms with Crippen LogP contribution in [0, 0.1) is 23.0 Å². The summed E-state index contributed by atoms with van der Waals surface area (Å²) in [5.41, 5.74) is 0.840. The maximum Gasteiger partial charge on any atom is 0.293 e. The van der Waals surface area contributed by atoms with Crippen molar-refractivity contribution in [1.82, 2.24) is 14.8 Å². The summed E-state index contributed by atoms with van der Waals surface area (Å²) in [6.07, 6.45) is 4.40. The lowest BCUT2D eigenvalue weighted by Gasteiger charge is -2.31. The largest absolute Gasteiger partial charge is 0.376 e. The van der Waals surface area contributed by atoms with Crippen LogP contribution in [0.25, 0.3) is 0 Å². The molecule has 0 bridgehead atoms. The van der Waals surface area contributed by atoms with Gasteiger partial charge >= 0.3 is 0 Å². The molecule has 3 heterocycles. The van der Waals surface area contributed by atoms with Crippen LogP contribution in [0.5, 0.6) is 0 Å². The first kappa shape index (κ1) is 23.5. The standard InChI is InChI=1S/C22H30N6O4S/c1-15-7-9-26(10-8-15)21-24-25-22(27(21)13-17-4-3-11-32-17)33-14-20(29)23-18-6-5-16(2)12-19(18)28(30)31/h5-6,12,15,17H,3-4,7-11,13-14H2,1-2H3,(H,23,29)/t17-/m0/s1. The van der Waals surface area contributed by atoms with Crippen molar-refractivity contribution in [2.75, 3.05) is 35.7 Å². The summed E-state index contributed by atoms with van der Waals surface area (Å²) in [6, 6.07) is 4.75. The van der Waals surface area contributed by atoms with Gasteiger partial charge in [-0.05, 0) is 50.2 Å². The van der Waals surface area contributed by atoms with E-state index in [1.165, 1.54) is 17.8 Å². The van der Waals surface area contributed by atoms with Gasteiger partial charge in [-0.25, -0.2) is 0 Å². The normalized spacial score (nSPS) is 19.1. The number of piperidine rings is 1. The van der Waals surface area contributed by atoms with Gasteiger partial charge in [-0.1, -0.05) is 24.8 Å². The van der Waals surface area contributed by atoms with E-state index in [0.29, 0.717) is 17.6 Å². The molecule has 2 aliphatic rings. The number of thioether (sulfide) groups is 1. The molecular formula is C22H30N6O4S. The Morgan fingerprint density at radius 1 is 1.30 bits per heavy atom. The number of nitrogens with zero attached hydrogens (tertiary/aromatic N) is 5. The van der Waals surface area contributed by atoms with Crippen molar-refractivity contribution in [1.29, 1.82) is 0 Å². The second-order valence-corrected chi connectivity index (χ2v) is 9.75. The summed E-state index contributed by atoms with van der Waals surface area (Å²) in [5, 5.41) is 23.5. The number of nitro benzene ring substituents is 1. The Balaban J connectivity index is 1.46. The lowest BCUT2D eigenvalue weighted by Crippen LogP contribution is -2.35. The van der Waals surface area contributed by atoms with Crippen LogP contribution in [0.2, 0.25) is 0 Å². The lowest BCUT2D eigenvalue weighted by atomic mass is 10.00. The number of carbonyl (C=O) groups is 1. The SMILES string of the molecule is Cc1ccc(NC(=O)CSc2nnc(N3CCC(C)CC3)n2C[C@@H]2CCCO2)c([N+](=O)[O-])c1. The third kappa shape index (κ3) is 5.83. The summed E-state index contributed by atoms with van der Waals surface area (Å²) < 4.78 is 7.91. The van der Waals surface area contributed by atoms with Gasteiger partial charge in [0.2, 0.25) is 11.9 Å². The van der Waals surface area contributed by atoms with E-state index in [0.717, 1.165) is 56.9 Å². The van der Waals surface area contributed by atoms with E-state index in [1.54, 1.807) is 19.1 Å². The van der Waals surface area contributed by atoms with Crippen LogP contribution in [0.1, 0.15) is 38.2 Å². The number of anilines is 2. The zero-order valence-electron chi connectivity index (χ0n) is 19.0. The van der Waals surface area contributed by atoms with E-state index in [4.69, 9.17) is 4.74 Å². The maximum absolute atomic E-state index is 12.6. The van der Waals surface area contributed by atoms with Crippen LogP contribution in [-0.2, 0) is 16.1 Å². The maximum atomic E-state index is 12.6. The fourth-order valence-corrected chi connectivity index (χ4v) is 4.94. The van der Waals surface area contributed by atoms with Gasteiger partial charge in [-0.3, -0.25) is 19.5 Å². The molecule has 1 atom stereocenters. The number of hydrogen-bond donors (Lipinski definition) is 1. The van der Waals surface area contributed by atoms with E-state index >= 15 is 0 Å². The number of aryl methyl sites for hydroxylation is 1. The monoisotopic (exact) mass is 474 g/mol. The Morgan fingerprint density at radius 3 is 2.79 bits per heavy atom. The average Bonchev–Trinajstić information content (AvgIpc) is 3.44. The molecule has 0 saturated carbocycles. The number of nitrogens with one attached hydrogen (secondary N) is 1. The average molecular weight is 475 g/mol. The second-order valence-electron chi connectivity index (χ2n) is 8.81. The molecule has 2 saturated heterocycles. The molecule has 1 aromatic heterocycles. The quantitative estimate of drug-likeness (QED) is 0.350. The zero-order chi connectivity index (χ0) is 23.4. The smallest absolute Gasteiger partial charge is 0.293 e. The molecule has 0 radical (unpaired) electrons. The highest BCUT2D eigenvalue weighted by atomic mass is 32.2. The number of benzene rings is 1.